The molecule has 46 heavy (non-hydrogen) atoms. The van der Waals surface area contributed by atoms with Crippen molar-refractivity contribution in [1.82, 2.24) is 4.31 Å². The molecule has 1 unspecified atom stereocenters. The minimum atomic E-state index is -3.82. The topological polar surface area (TPSA) is 94.9 Å². The number of sulfonamides is 1. The highest BCUT2D eigenvalue weighted by Crippen LogP contribution is 2.78. The maximum Gasteiger partial charge on any atom is 0.252 e. The molecule has 6 nitrogen and oxygen atoms in total. The van der Waals surface area contributed by atoms with Crippen LogP contribution in [0.1, 0.15) is 82.5 Å². The third kappa shape index (κ3) is 4.18. The summed E-state index contributed by atoms with van der Waals surface area (Å²) in [5.41, 5.74) is -3.08. The number of carbonyl (C=O) groups excluding carboxylic acids is 1. The molecule has 0 saturated heterocycles. The van der Waals surface area contributed by atoms with Crippen molar-refractivity contribution >= 4 is 27.1 Å². The molecule has 2 bridgehead atoms. The summed E-state index contributed by atoms with van der Waals surface area (Å²) in [6, 6.07) is 6.59. The van der Waals surface area contributed by atoms with Crippen LogP contribution in [-0.4, -0.2) is 53.5 Å². The number of Topliss-reactive ketones (excluding diaryl/α,β-unsaturated/α-hetero) is 1. The molecule has 0 amide bonds. The molecular weight excluding hydrogens is 629 g/mol. The van der Waals surface area contributed by atoms with Crippen molar-refractivity contribution in [2.45, 2.75) is 88.1 Å². The molecule has 8 rings (SSSR count). The number of carbonyl (C=O) groups is 1. The number of rotatable bonds is 8. The summed E-state index contributed by atoms with van der Waals surface area (Å²) in [4.78, 5) is 14.5. The standard InChI is InChI=1S/C36H43F2NO5S2/c1-4-17-39(46(43,44)30-6-5-18-45-30)22-35(42)14-11-29-33(35,3)13-10-28-32(2)12-9-24(40)20-34(32)15-16-36(28,29)25(21-34)31(41)23-7-8-26(37)27(38)19-23/h5-8,15-16,18-19,21,24,28-29,40,42H,4,9-14,17,20,22H2,1-3H3/t24?,28-,29-,32-,33+,34+,35-,36-/m1/s1. The highest BCUT2D eigenvalue weighted by molar-refractivity contribution is 7.91. The number of benzene rings is 1. The summed E-state index contributed by atoms with van der Waals surface area (Å²) in [7, 11) is -3.82. The van der Waals surface area contributed by atoms with E-state index < -0.39 is 49.6 Å². The summed E-state index contributed by atoms with van der Waals surface area (Å²) in [5, 5.41) is 25.3. The van der Waals surface area contributed by atoms with Crippen molar-refractivity contribution in [2.24, 2.45) is 33.5 Å². The fourth-order valence-electron chi connectivity index (χ4n) is 10.8. The zero-order valence-electron chi connectivity index (χ0n) is 26.6. The van der Waals surface area contributed by atoms with E-state index in [1.807, 2.05) is 13.0 Å². The lowest BCUT2D eigenvalue weighted by Gasteiger charge is -2.71. The lowest BCUT2D eigenvalue weighted by Crippen LogP contribution is -2.67. The van der Waals surface area contributed by atoms with Crippen LogP contribution in [0, 0.1) is 45.1 Å². The second-order valence-corrected chi connectivity index (χ2v) is 18.2. The molecule has 10 heteroatoms. The van der Waals surface area contributed by atoms with Crippen molar-refractivity contribution in [3.05, 3.63) is 76.7 Å². The second-order valence-electron chi connectivity index (χ2n) is 15.0. The molecule has 6 aliphatic carbocycles. The quantitative estimate of drug-likeness (QED) is 0.235. The average Bonchev–Trinajstić information content (AvgIpc) is 3.65. The smallest absolute Gasteiger partial charge is 0.252 e. The molecular formula is C36H43F2NO5S2. The van der Waals surface area contributed by atoms with E-state index in [9.17, 15) is 32.2 Å². The monoisotopic (exact) mass is 671 g/mol. The molecule has 1 aromatic carbocycles. The van der Waals surface area contributed by atoms with Gasteiger partial charge in [0.2, 0.25) is 0 Å². The Morgan fingerprint density at radius 3 is 2.43 bits per heavy atom. The molecule has 3 saturated carbocycles. The Morgan fingerprint density at radius 1 is 1.02 bits per heavy atom. The second kappa shape index (κ2) is 10.6. The number of hydrogen-bond acceptors (Lipinski definition) is 6. The van der Waals surface area contributed by atoms with Gasteiger partial charge in [-0.15, -0.1) is 11.3 Å². The molecule has 0 aliphatic heterocycles. The van der Waals surface area contributed by atoms with Crippen molar-refractivity contribution < 1.29 is 32.2 Å². The van der Waals surface area contributed by atoms with E-state index in [1.165, 1.54) is 21.7 Å². The Hall–Kier alpha value is -2.24. The lowest BCUT2D eigenvalue weighted by atomic mass is 9.32. The van der Waals surface area contributed by atoms with E-state index in [0.717, 1.165) is 18.6 Å². The number of aliphatic hydroxyl groups excluding tert-OH is 1. The molecule has 3 fully saturated rings. The van der Waals surface area contributed by atoms with Gasteiger partial charge in [-0.05, 0) is 98.3 Å². The third-order valence-corrected chi connectivity index (χ3v) is 16.4. The van der Waals surface area contributed by atoms with Gasteiger partial charge in [0.05, 0.1) is 11.7 Å². The molecule has 0 radical (unpaired) electrons. The van der Waals surface area contributed by atoms with Crippen LogP contribution in [0.2, 0.25) is 0 Å². The molecule has 2 N–H and O–H groups in total. The summed E-state index contributed by atoms with van der Waals surface area (Å²) in [6.45, 7) is 6.50. The number of allylic oxidation sites excluding steroid dienone is 4. The van der Waals surface area contributed by atoms with E-state index in [1.54, 1.807) is 17.5 Å². The number of hydrogen-bond donors (Lipinski definition) is 2. The van der Waals surface area contributed by atoms with Crippen LogP contribution in [-0.2, 0) is 10.0 Å². The average molecular weight is 672 g/mol. The van der Waals surface area contributed by atoms with E-state index in [2.05, 4.69) is 26.0 Å². The highest BCUT2D eigenvalue weighted by Gasteiger charge is 2.74. The molecule has 1 aromatic heterocycles. The zero-order chi connectivity index (χ0) is 32.9. The van der Waals surface area contributed by atoms with Gasteiger partial charge in [-0.1, -0.05) is 45.1 Å². The van der Waals surface area contributed by atoms with Crippen LogP contribution in [0.15, 0.2) is 63.7 Å². The fourth-order valence-corrected chi connectivity index (χ4v) is 13.5. The number of aliphatic hydroxyl groups is 2. The number of fused-ring (bicyclic) bond motifs is 1. The van der Waals surface area contributed by atoms with Crippen molar-refractivity contribution in [3.8, 4) is 0 Å². The number of ketones is 1. The van der Waals surface area contributed by atoms with Crippen LogP contribution in [0.5, 0.6) is 0 Å². The van der Waals surface area contributed by atoms with Gasteiger partial charge in [-0.2, -0.15) is 4.31 Å². The van der Waals surface area contributed by atoms with Crippen LogP contribution >= 0.6 is 11.3 Å². The predicted octanol–water partition coefficient (Wildman–Crippen LogP) is 6.90. The highest BCUT2D eigenvalue weighted by atomic mass is 32.2. The van der Waals surface area contributed by atoms with Gasteiger partial charge in [0.25, 0.3) is 10.0 Å². The SMILES string of the molecule is CCCN(C[C@]1(O)CC[C@H]2[C@]34C=C[C@@]5(C=C3C(=O)c3ccc(F)c(F)c3)CC(O)CC[C@]5(C)[C@H]4CC[C@@]21C)S(=O)(=O)c1cccs1. The van der Waals surface area contributed by atoms with Crippen LogP contribution in [0.25, 0.3) is 0 Å². The largest absolute Gasteiger partial charge is 0.393 e. The molecule has 6 aliphatic rings. The Morgan fingerprint density at radius 2 is 1.74 bits per heavy atom. The first-order valence-electron chi connectivity index (χ1n) is 16.6. The molecule has 248 valence electrons. The van der Waals surface area contributed by atoms with Gasteiger partial charge >= 0.3 is 0 Å². The Balaban J connectivity index is 1.35. The van der Waals surface area contributed by atoms with Crippen LogP contribution in [0.4, 0.5) is 8.78 Å². The maximum absolute atomic E-state index is 14.5. The van der Waals surface area contributed by atoms with E-state index in [0.29, 0.717) is 50.5 Å². The molecule has 8 atom stereocenters. The van der Waals surface area contributed by atoms with Crippen molar-refractivity contribution in [1.29, 1.82) is 0 Å². The van der Waals surface area contributed by atoms with Crippen molar-refractivity contribution in [2.75, 3.05) is 13.1 Å². The fraction of sp³-hybridized carbons (Fsp3) is 0.583. The van der Waals surface area contributed by atoms with E-state index in [-0.39, 0.29) is 45.9 Å². The summed E-state index contributed by atoms with van der Waals surface area (Å²) < 4.78 is 57.7. The van der Waals surface area contributed by atoms with Gasteiger partial charge in [-0.3, -0.25) is 4.79 Å². The lowest BCUT2D eigenvalue weighted by molar-refractivity contribution is -0.173. The minimum absolute atomic E-state index is 0.0220. The molecule has 1 heterocycles. The van der Waals surface area contributed by atoms with Crippen molar-refractivity contribution in [3.63, 3.8) is 0 Å². The summed E-state index contributed by atoms with van der Waals surface area (Å²) >= 11 is 1.17. The normalized spacial score (nSPS) is 39.6. The molecule has 2 spiro atoms. The van der Waals surface area contributed by atoms with Gasteiger partial charge in [-0.25, -0.2) is 17.2 Å². The maximum atomic E-state index is 14.5. The Labute approximate surface area is 274 Å². The number of thiophene rings is 1. The first-order chi connectivity index (χ1) is 21.7. The van der Waals surface area contributed by atoms with Gasteiger partial charge < -0.3 is 10.2 Å². The zero-order valence-corrected chi connectivity index (χ0v) is 28.3. The van der Waals surface area contributed by atoms with E-state index >= 15 is 0 Å². The Kier molecular flexibility index (Phi) is 7.47. The Bertz CT molecular complexity index is 1740. The molecule has 2 aromatic rings. The third-order valence-electron chi connectivity index (χ3n) is 13.1. The first kappa shape index (κ1) is 32.3. The van der Waals surface area contributed by atoms with Crippen LogP contribution < -0.4 is 0 Å². The first-order valence-corrected chi connectivity index (χ1v) is 18.9. The minimum Gasteiger partial charge on any atom is -0.393 e. The summed E-state index contributed by atoms with van der Waals surface area (Å²) in [6.07, 6.45) is 10.7. The number of nitrogens with zero attached hydrogens (tertiary/aromatic N) is 1. The van der Waals surface area contributed by atoms with Gasteiger partial charge in [0.1, 0.15) is 4.21 Å². The number of halogens is 2. The predicted molar refractivity (Wildman–Crippen MR) is 173 cm³/mol. The van der Waals surface area contributed by atoms with Gasteiger partial charge in [0, 0.05) is 40.5 Å². The van der Waals surface area contributed by atoms with Gasteiger partial charge in [0.15, 0.2) is 17.4 Å². The van der Waals surface area contributed by atoms with E-state index in [4.69, 9.17) is 0 Å². The summed E-state index contributed by atoms with van der Waals surface area (Å²) in [5.74, 6) is -2.64. The van der Waals surface area contributed by atoms with Crippen LogP contribution in [0.3, 0.4) is 0 Å².